The highest BCUT2D eigenvalue weighted by atomic mass is 16.2. The van der Waals surface area contributed by atoms with Gasteiger partial charge in [0.15, 0.2) is 0 Å². The molecule has 0 heterocycles. The molecule has 0 aliphatic carbocycles. The van der Waals surface area contributed by atoms with Gasteiger partial charge in [-0.15, -0.1) is 0 Å². The third kappa shape index (κ3) is 5.17. The molecule has 0 aliphatic rings. The first-order valence-corrected chi connectivity index (χ1v) is 7.25. The molecule has 2 aromatic carbocycles. The lowest BCUT2D eigenvalue weighted by molar-refractivity contribution is -0.135. The maximum atomic E-state index is 11.9. The molecule has 0 unspecified atom stereocenters. The summed E-state index contributed by atoms with van der Waals surface area (Å²) in [4.78, 5) is 46.4. The molecule has 0 aromatic heterocycles. The van der Waals surface area contributed by atoms with E-state index in [0.717, 1.165) is 0 Å². The first kappa shape index (κ1) is 17.7. The zero-order valence-electron chi connectivity index (χ0n) is 13.3. The van der Waals surface area contributed by atoms with E-state index in [4.69, 9.17) is 5.73 Å². The van der Waals surface area contributed by atoms with Crippen LogP contribution in [-0.2, 0) is 14.4 Å². The SMILES string of the molecule is CC(=O)Nc1ccc(NC(=O)C(=O)NC(=O)c2ccc(N)cc2)cc1. The van der Waals surface area contributed by atoms with Crippen molar-refractivity contribution in [1.82, 2.24) is 5.32 Å². The molecule has 4 amide bonds. The van der Waals surface area contributed by atoms with Gasteiger partial charge in [-0.2, -0.15) is 0 Å². The van der Waals surface area contributed by atoms with E-state index < -0.39 is 17.7 Å². The molecule has 8 nitrogen and oxygen atoms in total. The van der Waals surface area contributed by atoms with Crippen LogP contribution in [0.1, 0.15) is 17.3 Å². The number of nitrogen functional groups attached to an aromatic ring is 1. The van der Waals surface area contributed by atoms with Gasteiger partial charge >= 0.3 is 11.8 Å². The van der Waals surface area contributed by atoms with Crippen LogP contribution in [0.5, 0.6) is 0 Å². The van der Waals surface area contributed by atoms with E-state index in [2.05, 4.69) is 10.6 Å². The standard InChI is InChI=1S/C17H16N4O4/c1-10(22)19-13-6-8-14(9-7-13)20-16(24)17(25)21-15(23)11-2-4-12(18)5-3-11/h2-9H,18H2,1H3,(H,19,22)(H,20,24)(H,21,23,25). The molecule has 25 heavy (non-hydrogen) atoms. The largest absolute Gasteiger partial charge is 0.399 e. The Balaban J connectivity index is 1.93. The first-order chi connectivity index (χ1) is 11.8. The summed E-state index contributed by atoms with van der Waals surface area (Å²) in [5.41, 5.74) is 7.08. The van der Waals surface area contributed by atoms with Gasteiger partial charge in [0.05, 0.1) is 0 Å². The van der Waals surface area contributed by atoms with Crippen LogP contribution in [0, 0.1) is 0 Å². The van der Waals surface area contributed by atoms with Crippen molar-refractivity contribution in [3.63, 3.8) is 0 Å². The number of benzene rings is 2. The Kier molecular flexibility index (Phi) is 5.47. The maximum Gasteiger partial charge on any atom is 0.316 e. The molecule has 0 radical (unpaired) electrons. The molecule has 0 saturated heterocycles. The van der Waals surface area contributed by atoms with E-state index in [-0.39, 0.29) is 11.5 Å². The van der Waals surface area contributed by atoms with Gasteiger partial charge in [0.25, 0.3) is 5.91 Å². The quantitative estimate of drug-likeness (QED) is 0.491. The maximum absolute atomic E-state index is 11.9. The molecule has 0 atom stereocenters. The second-order valence-electron chi connectivity index (χ2n) is 5.12. The van der Waals surface area contributed by atoms with Crippen LogP contribution in [0.25, 0.3) is 0 Å². The van der Waals surface area contributed by atoms with Crippen LogP contribution in [0.4, 0.5) is 17.1 Å². The van der Waals surface area contributed by atoms with Gasteiger partial charge in [0.1, 0.15) is 0 Å². The van der Waals surface area contributed by atoms with Crippen molar-refractivity contribution in [2.75, 3.05) is 16.4 Å². The Bertz CT molecular complexity index is 814. The number of rotatable bonds is 3. The molecule has 128 valence electrons. The Morgan fingerprint density at radius 1 is 0.760 bits per heavy atom. The second kappa shape index (κ2) is 7.73. The number of anilines is 3. The molecule has 5 N–H and O–H groups in total. The summed E-state index contributed by atoms with van der Waals surface area (Å²) in [6.07, 6.45) is 0. The highest BCUT2D eigenvalue weighted by Crippen LogP contribution is 2.13. The van der Waals surface area contributed by atoms with Crippen LogP contribution in [-0.4, -0.2) is 23.6 Å². The number of carbonyl (C=O) groups excluding carboxylic acids is 4. The average Bonchev–Trinajstić information content (AvgIpc) is 2.56. The van der Waals surface area contributed by atoms with E-state index in [9.17, 15) is 19.2 Å². The predicted octanol–water partition coefficient (Wildman–Crippen LogP) is 1.12. The summed E-state index contributed by atoms with van der Waals surface area (Å²) >= 11 is 0. The minimum Gasteiger partial charge on any atom is -0.399 e. The molecule has 8 heteroatoms. The summed E-state index contributed by atoms with van der Waals surface area (Å²) in [5, 5.41) is 6.91. The zero-order chi connectivity index (χ0) is 18.4. The van der Waals surface area contributed by atoms with Crippen LogP contribution in [0.3, 0.4) is 0 Å². The summed E-state index contributed by atoms with van der Waals surface area (Å²) in [6, 6.07) is 12.1. The smallest absolute Gasteiger partial charge is 0.316 e. The minimum absolute atomic E-state index is 0.204. The number of carbonyl (C=O) groups is 4. The summed E-state index contributed by atoms with van der Waals surface area (Å²) in [5.74, 6) is -3.01. The number of hydrogen-bond donors (Lipinski definition) is 4. The lowest BCUT2D eigenvalue weighted by atomic mass is 10.2. The molecule has 2 rings (SSSR count). The van der Waals surface area contributed by atoms with E-state index >= 15 is 0 Å². The number of nitrogens with one attached hydrogen (secondary N) is 3. The molecule has 0 bridgehead atoms. The number of hydrogen-bond acceptors (Lipinski definition) is 5. The number of nitrogens with two attached hydrogens (primary N) is 1. The van der Waals surface area contributed by atoms with E-state index in [1.54, 1.807) is 12.1 Å². The highest BCUT2D eigenvalue weighted by molar-refractivity contribution is 6.42. The normalized spacial score (nSPS) is 9.80. The molecule has 0 fully saturated rings. The fraction of sp³-hybridized carbons (Fsp3) is 0.0588. The first-order valence-electron chi connectivity index (χ1n) is 7.25. The Morgan fingerprint density at radius 2 is 1.28 bits per heavy atom. The van der Waals surface area contributed by atoms with Gasteiger partial charge in [-0.3, -0.25) is 24.5 Å². The Morgan fingerprint density at radius 3 is 1.80 bits per heavy atom. The molecular formula is C17H16N4O4. The molecule has 2 aromatic rings. The van der Waals surface area contributed by atoms with Crippen molar-refractivity contribution in [3.8, 4) is 0 Å². The summed E-state index contributed by atoms with van der Waals surface area (Å²) in [6.45, 7) is 1.37. The van der Waals surface area contributed by atoms with E-state index in [1.807, 2.05) is 5.32 Å². The topological polar surface area (TPSA) is 130 Å². The average molecular weight is 340 g/mol. The molecular weight excluding hydrogens is 324 g/mol. The van der Waals surface area contributed by atoms with Crippen molar-refractivity contribution in [1.29, 1.82) is 0 Å². The van der Waals surface area contributed by atoms with Gasteiger partial charge in [0, 0.05) is 29.5 Å². The van der Waals surface area contributed by atoms with Gasteiger partial charge in [-0.25, -0.2) is 0 Å². The Labute approximate surface area is 143 Å². The van der Waals surface area contributed by atoms with Crippen molar-refractivity contribution in [2.45, 2.75) is 6.92 Å². The predicted molar refractivity (Wildman–Crippen MR) is 92.7 cm³/mol. The van der Waals surface area contributed by atoms with Gasteiger partial charge < -0.3 is 16.4 Å². The fourth-order valence-electron chi connectivity index (χ4n) is 1.89. The summed E-state index contributed by atoms with van der Waals surface area (Å²) < 4.78 is 0. The third-order valence-electron chi connectivity index (χ3n) is 3.07. The molecule has 0 aliphatic heterocycles. The van der Waals surface area contributed by atoms with Crippen LogP contribution >= 0.6 is 0 Å². The van der Waals surface area contributed by atoms with Gasteiger partial charge in [-0.1, -0.05) is 0 Å². The number of amides is 4. The highest BCUT2D eigenvalue weighted by Gasteiger charge is 2.18. The zero-order valence-corrected chi connectivity index (χ0v) is 13.3. The summed E-state index contributed by atoms with van der Waals surface area (Å²) in [7, 11) is 0. The second-order valence-corrected chi connectivity index (χ2v) is 5.12. The van der Waals surface area contributed by atoms with E-state index in [0.29, 0.717) is 17.1 Å². The van der Waals surface area contributed by atoms with Crippen molar-refractivity contribution < 1.29 is 19.2 Å². The third-order valence-corrected chi connectivity index (χ3v) is 3.07. The molecule has 0 saturated carbocycles. The van der Waals surface area contributed by atoms with E-state index in [1.165, 1.54) is 43.3 Å². The van der Waals surface area contributed by atoms with Crippen LogP contribution < -0.4 is 21.7 Å². The van der Waals surface area contributed by atoms with Gasteiger partial charge in [-0.05, 0) is 48.5 Å². The minimum atomic E-state index is -1.09. The van der Waals surface area contributed by atoms with Crippen molar-refractivity contribution in [2.24, 2.45) is 0 Å². The fourth-order valence-corrected chi connectivity index (χ4v) is 1.89. The van der Waals surface area contributed by atoms with Crippen LogP contribution in [0.2, 0.25) is 0 Å². The monoisotopic (exact) mass is 340 g/mol. The molecule has 0 spiro atoms. The van der Waals surface area contributed by atoms with Crippen LogP contribution in [0.15, 0.2) is 48.5 Å². The van der Waals surface area contributed by atoms with Gasteiger partial charge in [0.2, 0.25) is 5.91 Å². The Hall–Kier alpha value is -3.68. The van der Waals surface area contributed by atoms with Crippen molar-refractivity contribution in [3.05, 3.63) is 54.1 Å². The van der Waals surface area contributed by atoms with Crippen molar-refractivity contribution >= 4 is 40.7 Å². The number of imide groups is 1. The lowest BCUT2D eigenvalue weighted by Crippen LogP contribution is -2.39. The lowest BCUT2D eigenvalue weighted by Gasteiger charge is -2.07.